The molecule has 0 spiro atoms. The molecule has 28 heavy (non-hydrogen) atoms. The minimum atomic E-state index is -0.457. The summed E-state index contributed by atoms with van der Waals surface area (Å²) < 4.78 is 13.0. The highest BCUT2D eigenvalue weighted by atomic mass is 16.5. The van der Waals surface area contributed by atoms with Crippen molar-refractivity contribution in [3.63, 3.8) is 0 Å². The zero-order valence-electron chi connectivity index (χ0n) is 17.0. The third-order valence-corrected chi connectivity index (χ3v) is 4.96. The van der Waals surface area contributed by atoms with Crippen LogP contribution in [0.5, 0.6) is 5.75 Å². The molecule has 2 aromatic rings. The summed E-state index contributed by atoms with van der Waals surface area (Å²) >= 11 is 0. The number of carbonyl (C=O) groups excluding carboxylic acids is 2. The van der Waals surface area contributed by atoms with E-state index in [1.54, 1.807) is 0 Å². The first kappa shape index (κ1) is 20.0. The summed E-state index contributed by atoms with van der Waals surface area (Å²) in [5.41, 5.74) is 4.74. The molecule has 3 rings (SSSR count). The van der Waals surface area contributed by atoms with E-state index in [4.69, 9.17) is 9.47 Å². The number of nitrogens with one attached hydrogen (secondary N) is 1. The average Bonchev–Trinajstić information content (AvgIpc) is 3.43. The number of aryl methyl sites for hydroxylation is 3. The van der Waals surface area contributed by atoms with Gasteiger partial charge in [0.1, 0.15) is 12.4 Å². The molecule has 0 bridgehead atoms. The fourth-order valence-electron chi connectivity index (χ4n) is 3.45. The van der Waals surface area contributed by atoms with Gasteiger partial charge in [-0.3, -0.25) is 4.79 Å². The van der Waals surface area contributed by atoms with Crippen molar-refractivity contribution in [3.8, 4) is 5.75 Å². The lowest BCUT2D eigenvalue weighted by molar-refractivity contribution is -0.124. The van der Waals surface area contributed by atoms with E-state index < -0.39 is 5.97 Å². The predicted octanol–water partition coefficient (Wildman–Crippen LogP) is 3.41. The molecule has 1 N–H and O–H groups in total. The van der Waals surface area contributed by atoms with E-state index in [9.17, 15) is 9.59 Å². The zero-order valence-corrected chi connectivity index (χ0v) is 17.0. The van der Waals surface area contributed by atoms with Crippen LogP contribution in [-0.4, -0.2) is 36.2 Å². The molecule has 1 saturated carbocycles. The number of nitrogens with zero attached hydrogens (tertiary/aromatic N) is 1. The number of amides is 1. The lowest BCUT2D eigenvalue weighted by Gasteiger charge is -2.11. The van der Waals surface area contributed by atoms with Gasteiger partial charge in [-0.15, -0.1) is 0 Å². The highest BCUT2D eigenvalue weighted by Crippen LogP contribution is 2.38. The van der Waals surface area contributed by atoms with Crippen LogP contribution in [0.2, 0.25) is 0 Å². The van der Waals surface area contributed by atoms with Gasteiger partial charge in [-0.05, 0) is 58.2 Å². The summed E-state index contributed by atoms with van der Waals surface area (Å²) in [5.74, 6) is 0.00700. The number of benzene rings is 1. The molecule has 1 fully saturated rings. The number of carbonyl (C=O) groups is 2. The largest absolute Gasteiger partial charge is 0.491 e. The van der Waals surface area contributed by atoms with Crippen LogP contribution >= 0.6 is 0 Å². The Balaban J connectivity index is 1.40. The normalized spacial score (nSPS) is 13.3. The van der Waals surface area contributed by atoms with Crippen LogP contribution in [-0.2, 0) is 9.53 Å². The molecule has 1 aliphatic rings. The van der Waals surface area contributed by atoms with Crippen LogP contribution in [0.1, 0.15) is 51.8 Å². The van der Waals surface area contributed by atoms with Crippen LogP contribution in [0.3, 0.4) is 0 Å². The smallest absolute Gasteiger partial charge is 0.340 e. The number of aromatic nitrogens is 1. The Morgan fingerprint density at radius 1 is 1.14 bits per heavy atom. The zero-order chi connectivity index (χ0) is 20.3. The lowest BCUT2D eigenvalue weighted by Crippen LogP contribution is -2.32. The van der Waals surface area contributed by atoms with Gasteiger partial charge < -0.3 is 19.4 Å². The standard InChI is InChI=1S/C22H28N2O4/c1-14-5-8-20(15(2)11-14)27-10-9-23-21(25)13-28-22(26)19-12-16(3)24(17(19)4)18-6-7-18/h5,8,11-12,18H,6-7,9-10,13H2,1-4H3,(H,23,25). The maximum Gasteiger partial charge on any atom is 0.340 e. The Morgan fingerprint density at radius 3 is 2.57 bits per heavy atom. The van der Waals surface area contributed by atoms with Gasteiger partial charge in [-0.1, -0.05) is 17.7 Å². The Labute approximate surface area is 165 Å². The van der Waals surface area contributed by atoms with Gasteiger partial charge in [0.15, 0.2) is 6.61 Å². The summed E-state index contributed by atoms with van der Waals surface area (Å²) in [7, 11) is 0. The van der Waals surface area contributed by atoms with Crippen LogP contribution < -0.4 is 10.1 Å². The molecule has 150 valence electrons. The molecule has 0 unspecified atom stereocenters. The lowest BCUT2D eigenvalue weighted by atomic mass is 10.1. The number of hydrogen-bond donors (Lipinski definition) is 1. The molecule has 0 saturated heterocycles. The monoisotopic (exact) mass is 384 g/mol. The van der Waals surface area contributed by atoms with Gasteiger partial charge in [0.2, 0.25) is 0 Å². The fourth-order valence-corrected chi connectivity index (χ4v) is 3.45. The number of hydrogen-bond acceptors (Lipinski definition) is 4. The van der Waals surface area contributed by atoms with E-state index in [0.717, 1.165) is 35.5 Å². The third-order valence-electron chi connectivity index (χ3n) is 4.96. The maximum absolute atomic E-state index is 12.3. The van der Waals surface area contributed by atoms with Crippen LogP contribution in [0.15, 0.2) is 24.3 Å². The van der Waals surface area contributed by atoms with Crippen molar-refractivity contribution >= 4 is 11.9 Å². The summed E-state index contributed by atoms with van der Waals surface area (Å²) in [5, 5.41) is 2.70. The third kappa shape index (κ3) is 4.74. The van der Waals surface area contributed by atoms with Gasteiger partial charge in [-0.25, -0.2) is 4.79 Å². The van der Waals surface area contributed by atoms with E-state index >= 15 is 0 Å². The van der Waals surface area contributed by atoms with Gasteiger partial charge >= 0.3 is 5.97 Å². The van der Waals surface area contributed by atoms with Gasteiger partial charge in [0.05, 0.1) is 12.1 Å². The van der Waals surface area contributed by atoms with Crippen LogP contribution in [0, 0.1) is 27.7 Å². The Kier molecular flexibility index (Phi) is 6.07. The topological polar surface area (TPSA) is 69.6 Å². The van der Waals surface area contributed by atoms with E-state index in [1.165, 1.54) is 5.56 Å². The molecule has 1 amide bonds. The number of esters is 1. The van der Waals surface area contributed by atoms with Crippen molar-refractivity contribution < 1.29 is 19.1 Å². The maximum atomic E-state index is 12.3. The van der Waals surface area contributed by atoms with E-state index in [0.29, 0.717) is 24.8 Å². The molecule has 1 aromatic carbocycles. The number of ether oxygens (including phenoxy) is 2. The SMILES string of the molecule is Cc1ccc(OCCNC(=O)COC(=O)c2cc(C)n(C3CC3)c2C)c(C)c1. The van der Waals surface area contributed by atoms with Gasteiger partial charge in [0.25, 0.3) is 5.91 Å². The molecule has 6 heteroatoms. The van der Waals surface area contributed by atoms with Gasteiger partial charge in [-0.2, -0.15) is 0 Å². The molecule has 6 nitrogen and oxygen atoms in total. The highest BCUT2D eigenvalue weighted by Gasteiger charge is 2.28. The van der Waals surface area contributed by atoms with Crippen molar-refractivity contribution in [1.82, 2.24) is 9.88 Å². The summed E-state index contributed by atoms with van der Waals surface area (Å²) in [6.07, 6.45) is 2.30. The average molecular weight is 384 g/mol. The predicted molar refractivity (Wildman–Crippen MR) is 107 cm³/mol. The van der Waals surface area contributed by atoms with Crippen LogP contribution in [0.4, 0.5) is 0 Å². The van der Waals surface area contributed by atoms with Crippen molar-refractivity contribution in [2.75, 3.05) is 19.8 Å². The highest BCUT2D eigenvalue weighted by molar-refractivity contribution is 5.92. The van der Waals surface area contributed by atoms with Gasteiger partial charge in [0, 0.05) is 17.4 Å². The molecule has 1 aromatic heterocycles. The second-order valence-electron chi connectivity index (χ2n) is 7.43. The minimum Gasteiger partial charge on any atom is -0.491 e. The quantitative estimate of drug-likeness (QED) is 0.559. The summed E-state index contributed by atoms with van der Waals surface area (Å²) in [6, 6.07) is 8.30. The first-order valence-electron chi connectivity index (χ1n) is 9.69. The minimum absolute atomic E-state index is 0.296. The fraction of sp³-hybridized carbons (Fsp3) is 0.455. The second-order valence-corrected chi connectivity index (χ2v) is 7.43. The van der Waals surface area contributed by atoms with Crippen molar-refractivity contribution in [2.24, 2.45) is 0 Å². The molecule has 1 aliphatic carbocycles. The molecule has 0 radical (unpaired) electrons. The van der Waals surface area contributed by atoms with E-state index in [-0.39, 0.29) is 12.5 Å². The van der Waals surface area contributed by atoms with Crippen molar-refractivity contribution in [3.05, 3.63) is 52.3 Å². The summed E-state index contributed by atoms with van der Waals surface area (Å²) in [4.78, 5) is 24.2. The van der Waals surface area contributed by atoms with Crippen molar-refractivity contribution in [2.45, 2.75) is 46.6 Å². The molecule has 0 atom stereocenters. The number of rotatable bonds is 8. The molecule has 1 heterocycles. The first-order chi connectivity index (χ1) is 13.4. The second kappa shape index (κ2) is 8.50. The molecule has 0 aliphatic heterocycles. The summed E-state index contributed by atoms with van der Waals surface area (Å²) in [6.45, 7) is 8.33. The Bertz CT molecular complexity index is 881. The van der Waals surface area contributed by atoms with Crippen LogP contribution in [0.25, 0.3) is 0 Å². The molecular weight excluding hydrogens is 356 g/mol. The Morgan fingerprint density at radius 2 is 1.89 bits per heavy atom. The van der Waals surface area contributed by atoms with E-state index in [2.05, 4.69) is 9.88 Å². The molecular formula is C22H28N2O4. The first-order valence-corrected chi connectivity index (χ1v) is 9.69. The van der Waals surface area contributed by atoms with E-state index in [1.807, 2.05) is 52.0 Å². The Hall–Kier alpha value is -2.76. The van der Waals surface area contributed by atoms with Crippen molar-refractivity contribution in [1.29, 1.82) is 0 Å².